The summed E-state index contributed by atoms with van der Waals surface area (Å²) in [5, 5.41) is 0. The number of nitrogens with zero attached hydrogens (tertiary/aromatic N) is 1. The summed E-state index contributed by atoms with van der Waals surface area (Å²) in [5.41, 5.74) is 6.79. The first-order chi connectivity index (χ1) is 6.63. The topological polar surface area (TPSA) is 48.1 Å². The van der Waals surface area contributed by atoms with Gasteiger partial charge in [0.2, 0.25) is 5.88 Å². The van der Waals surface area contributed by atoms with E-state index in [1.54, 1.807) is 13.3 Å². The van der Waals surface area contributed by atoms with Gasteiger partial charge in [-0.3, -0.25) is 0 Å². The summed E-state index contributed by atoms with van der Waals surface area (Å²) in [6.45, 7) is 2.00. The van der Waals surface area contributed by atoms with Crippen LogP contribution in [0.1, 0.15) is 18.9 Å². The Bertz CT molecular complexity index is 302. The van der Waals surface area contributed by atoms with Crippen molar-refractivity contribution in [3.63, 3.8) is 0 Å². The Kier molecular flexibility index (Phi) is 4.35. The molecule has 0 amide bonds. The van der Waals surface area contributed by atoms with Crippen molar-refractivity contribution >= 4 is 15.9 Å². The fourth-order valence-corrected chi connectivity index (χ4v) is 1.59. The largest absolute Gasteiger partial charge is 0.481 e. The second-order valence-corrected chi connectivity index (χ2v) is 4.25. The van der Waals surface area contributed by atoms with Crippen molar-refractivity contribution in [3.05, 3.63) is 22.3 Å². The zero-order chi connectivity index (χ0) is 10.6. The van der Waals surface area contributed by atoms with Gasteiger partial charge in [-0.1, -0.05) is 0 Å². The number of hydrogen-bond donors (Lipinski definition) is 1. The van der Waals surface area contributed by atoms with Gasteiger partial charge in [-0.2, -0.15) is 0 Å². The van der Waals surface area contributed by atoms with Gasteiger partial charge in [-0.15, -0.1) is 0 Å². The lowest BCUT2D eigenvalue weighted by atomic mass is 10.1. The summed E-state index contributed by atoms with van der Waals surface area (Å²) in [5.74, 6) is 0.689. The average Bonchev–Trinajstić information content (AvgIpc) is 2.15. The molecule has 0 radical (unpaired) electrons. The normalized spacial score (nSPS) is 12.6. The van der Waals surface area contributed by atoms with Crippen molar-refractivity contribution in [2.24, 2.45) is 5.73 Å². The molecule has 0 aliphatic carbocycles. The second kappa shape index (κ2) is 5.32. The van der Waals surface area contributed by atoms with Crippen LogP contribution < -0.4 is 10.5 Å². The number of pyridine rings is 1. The third-order valence-electron chi connectivity index (χ3n) is 1.95. The van der Waals surface area contributed by atoms with E-state index in [1.165, 1.54) is 0 Å². The number of ether oxygens (including phenoxy) is 1. The second-order valence-electron chi connectivity index (χ2n) is 3.34. The maximum absolute atomic E-state index is 5.70. The van der Waals surface area contributed by atoms with Crippen molar-refractivity contribution in [2.75, 3.05) is 7.11 Å². The number of halogens is 1. The first-order valence-electron chi connectivity index (χ1n) is 4.57. The predicted octanol–water partition coefficient (Wildman–Crippen LogP) is 2.13. The lowest BCUT2D eigenvalue weighted by Gasteiger charge is -2.09. The highest BCUT2D eigenvalue weighted by molar-refractivity contribution is 9.10. The van der Waals surface area contributed by atoms with E-state index in [1.807, 2.05) is 13.0 Å². The molecular weight excluding hydrogens is 244 g/mol. The van der Waals surface area contributed by atoms with Crippen molar-refractivity contribution in [3.8, 4) is 5.88 Å². The maximum atomic E-state index is 5.70. The van der Waals surface area contributed by atoms with Crippen molar-refractivity contribution in [1.29, 1.82) is 0 Å². The third-order valence-corrected chi connectivity index (χ3v) is 2.39. The van der Waals surface area contributed by atoms with Crippen molar-refractivity contribution in [2.45, 2.75) is 25.8 Å². The molecule has 0 saturated carbocycles. The Morgan fingerprint density at radius 3 is 2.93 bits per heavy atom. The molecular formula is C10H15BrN2O. The molecule has 14 heavy (non-hydrogen) atoms. The van der Waals surface area contributed by atoms with E-state index in [9.17, 15) is 0 Å². The fourth-order valence-electron chi connectivity index (χ4n) is 1.21. The van der Waals surface area contributed by atoms with Crippen molar-refractivity contribution < 1.29 is 4.74 Å². The lowest BCUT2D eigenvalue weighted by molar-refractivity contribution is 0.391. The number of aromatic nitrogens is 1. The highest BCUT2D eigenvalue weighted by atomic mass is 79.9. The third kappa shape index (κ3) is 3.27. The van der Waals surface area contributed by atoms with Crippen LogP contribution in [-0.4, -0.2) is 18.1 Å². The van der Waals surface area contributed by atoms with Crippen LogP contribution in [0, 0.1) is 0 Å². The van der Waals surface area contributed by atoms with Gasteiger partial charge in [0.25, 0.3) is 0 Å². The first kappa shape index (κ1) is 11.5. The Morgan fingerprint density at radius 2 is 2.36 bits per heavy atom. The standard InChI is InChI=1S/C10H15BrN2O/c1-7(12)3-4-8-5-9(11)6-13-10(8)14-2/h5-7H,3-4,12H2,1-2H3/t7-/m0/s1. The fraction of sp³-hybridized carbons (Fsp3) is 0.500. The lowest BCUT2D eigenvalue weighted by Crippen LogP contribution is -2.15. The molecule has 2 N–H and O–H groups in total. The van der Waals surface area contributed by atoms with E-state index in [0.717, 1.165) is 22.9 Å². The molecule has 0 spiro atoms. The number of methoxy groups -OCH3 is 1. The van der Waals surface area contributed by atoms with E-state index < -0.39 is 0 Å². The number of rotatable bonds is 4. The predicted molar refractivity (Wildman–Crippen MR) is 60.5 cm³/mol. The zero-order valence-electron chi connectivity index (χ0n) is 8.46. The van der Waals surface area contributed by atoms with Crippen LogP contribution in [-0.2, 0) is 6.42 Å². The van der Waals surface area contributed by atoms with E-state index >= 15 is 0 Å². The van der Waals surface area contributed by atoms with Crippen LogP contribution >= 0.6 is 15.9 Å². The van der Waals surface area contributed by atoms with Gasteiger partial charge in [0.15, 0.2) is 0 Å². The zero-order valence-corrected chi connectivity index (χ0v) is 10.0. The van der Waals surface area contributed by atoms with Crippen LogP contribution in [0.4, 0.5) is 0 Å². The molecule has 0 aliphatic heterocycles. The molecule has 4 heteroatoms. The number of nitrogens with two attached hydrogens (primary N) is 1. The van der Waals surface area contributed by atoms with Gasteiger partial charge in [0.05, 0.1) is 7.11 Å². The van der Waals surface area contributed by atoms with Crippen LogP contribution in [0.25, 0.3) is 0 Å². The molecule has 78 valence electrons. The highest BCUT2D eigenvalue weighted by Crippen LogP contribution is 2.21. The molecule has 3 nitrogen and oxygen atoms in total. The molecule has 1 aromatic rings. The summed E-state index contributed by atoms with van der Waals surface area (Å²) < 4.78 is 6.13. The minimum Gasteiger partial charge on any atom is -0.481 e. The summed E-state index contributed by atoms with van der Waals surface area (Å²) >= 11 is 3.38. The van der Waals surface area contributed by atoms with Gasteiger partial charge >= 0.3 is 0 Å². The van der Waals surface area contributed by atoms with Crippen LogP contribution in [0.2, 0.25) is 0 Å². The monoisotopic (exact) mass is 258 g/mol. The van der Waals surface area contributed by atoms with E-state index in [-0.39, 0.29) is 6.04 Å². The summed E-state index contributed by atoms with van der Waals surface area (Å²) in [4.78, 5) is 4.16. The van der Waals surface area contributed by atoms with Crippen LogP contribution in [0.3, 0.4) is 0 Å². The number of aryl methyl sites for hydroxylation is 1. The SMILES string of the molecule is COc1ncc(Br)cc1CC[C@H](C)N. The van der Waals surface area contributed by atoms with Gasteiger partial charge < -0.3 is 10.5 Å². The summed E-state index contributed by atoms with van der Waals surface area (Å²) in [6.07, 6.45) is 3.57. The highest BCUT2D eigenvalue weighted by Gasteiger charge is 2.06. The molecule has 1 aromatic heterocycles. The van der Waals surface area contributed by atoms with Gasteiger partial charge in [-0.05, 0) is 41.8 Å². The van der Waals surface area contributed by atoms with Gasteiger partial charge in [0.1, 0.15) is 0 Å². The summed E-state index contributed by atoms with van der Waals surface area (Å²) in [7, 11) is 1.63. The maximum Gasteiger partial charge on any atom is 0.216 e. The smallest absolute Gasteiger partial charge is 0.216 e. The summed E-state index contributed by atoms with van der Waals surface area (Å²) in [6, 6.07) is 2.23. The first-order valence-corrected chi connectivity index (χ1v) is 5.36. The molecule has 0 aliphatic rings. The van der Waals surface area contributed by atoms with Gasteiger partial charge in [0, 0.05) is 22.3 Å². The minimum absolute atomic E-state index is 0.207. The molecule has 0 fully saturated rings. The van der Waals surface area contributed by atoms with Crippen LogP contribution in [0.15, 0.2) is 16.7 Å². The van der Waals surface area contributed by atoms with Crippen LogP contribution in [0.5, 0.6) is 5.88 Å². The molecule has 0 saturated heterocycles. The molecule has 1 atom stereocenters. The van der Waals surface area contributed by atoms with E-state index in [2.05, 4.69) is 20.9 Å². The molecule has 1 heterocycles. The minimum atomic E-state index is 0.207. The Balaban J connectivity index is 2.77. The van der Waals surface area contributed by atoms with E-state index in [0.29, 0.717) is 5.88 Å². The Hall–Kier alpha value is -0.610. The average molecular weight is 259 g/mol. The Labute approximate surface area is 92.8 Å². The molecule has 0 aromatic carbocycles. The molecule has 0 bridgehead atoms. The van der Waals surface area contributed by atoms with E-state index in [4.69, 9.17) is 10.5 Å². The van der Waals surface area contributed by atoms with Crippen molar-refractivity contribution in [1.82, 2.24) is 4.98 Å². The Morgan fingerprint density at radius 1 is 1.64 bits per heavy atom. The quantitative estimate of drug-likeness (QED) is 0.901. The molecule has 0 unspecified atom stereocenters. The number of hydrogen-bond acceptors (Lipinski definition) is 3. The van der Waals surface area contributed by atoms with Gasteiger partial charge in [-0.25, -0.2) is 4.98 Å². The molecule has 1 rings (SSSR count).